The Morgan fingerprint density at radius 3 is 2.48 bits per heavy atom. The lowest BCUT2D eigenvalue weighted by molar-refractivity contribution is -0.133. The summed E-state index contributed by atoms with van der Waals surface area (Å²) in [5, 5.41) is 15.6. The number of nitrogens with one attached hydrogen (secondary N) is 2. The van der Waals surface area contributed by atoms with Gasteiger partial charge in [0.2, 0.25) is 0 Å². The number of ether oxygens (including phenoxy) is 2. The van der Waals surface area contributed by atoms with E-state index in [4.69, 9.17) is 9.47 Å². The van der Waals surface area contributed by atoms with Crippen molar-refractivity contribution >= 4 is 17.3 Å². The molecule has 2 aromatic rings. The molecule has 0 unspecified atom stereocenters. The highest BCUT2D eigenvalue weighted by Crippen LogP contribution is 2.29. The highest BCUT2D eigenvalue weighted by Gasteiger charge is 2.38. The molecule has 1 aliphatic heterocycles. The van der Waals surface area contributed by atoms with Crippen molar-refractivity contribution in [1.82, 2.24) is 5.32 Å². The van der Waals surface area contributed by atoms with Gasteiger partial charge in [0, 0.05) is 6.54 Å². The Kier molecular flexibility index (Phi) is 5.21. The zero-order chi connectivity index (χ0) is 17.7. The first-order valence-electron chi connectivity index (χ1n) is 8.13. The van der Waals surface area contributed by atoms with E-state index >= 15 is 0 Å². The first-order valence-corrected chi connectivity index (χ1v) is 8.13. The SMILES string of the molecule is COc1ccccc1Nc1ccccc1C(=O)NCC1(CO)COC1. The van der Waals surface area contributed by atoms with Crippen LogP contribution in [0.3, 0.4) is 0 Å². The summed E-state index contributed by atoms with van der Waals surface area (Å²) in [5.41, 5.74) is 1.64. The topological polar surface area (TPSA) is 79.8 Å². The Morgan fingerprint density at radius 2 is 1.84 bits per heavy atom. The molecule has 0 aromatic heterocycles. The van der Waals surface area contributed by atoms with Gasteiger partial charge in [0.05, 0.1) is 49.3 Å². The molecule has 2 aromatic carbocycles. The van der Waals surface area contributed by atoms with E-state index in [0.717, 1.165) is 5.69 Å². The molecule has 1 heterocycles. The predicted molar refractivity (Wildman–Crippen MR) is 95.4 cm³/mol. The first-order chi connectivity index (χ1) is 12.2. The highest BCUT2D eigenvalue weighted by atomic mass is 16.5. The van der Waals surface area contributed by atoms with Gasteiger partial charge >= 0.3 is 0 Å². The van der Waals surface area contributed by atoms with Gasteiger partial charge in [-0.15, -0.1) is 0 Å². The van der Waals surface area contributed by atoms with Crippen LogP contribution in [0.4, 0.5) is 11.4 Å². The second-order valence-electron chi connectivity index (χ2n) is 6.20. The average Bonchev–Trinajstić information content (AvgIpc) is 2.62. The molecule has 0 spiro atoms. The van der Waals surface area contributed by atoms with Crippen LogP contribution in [0.15, 0.2) is 48.5 Å². The normalized spacial score (nSPS) is 15.1. The third-order valence-electron chi connectivity index (χ3n) is 4.32. The minimum Gasteiger partial charge on any atom is -0.495 e. The maximum atomic E-state index is 12.6. The number of aliphatic hydroxyl groups is 1. The number of amides is 1. The minimum atomic E-state index is -0.360. The molecule has 3 N–H and O–H groups in total. The molecule has 6 nitrogen and oxygen atoms in total. The van der Waals surface area contributed by atoms with Crippen LogP contribution in [0.5, 0.6) is 5.75 Å². The van der Waals surface area contributed by atoms with Crippen LogP contribution in [0.1, 0.15) is 10.4 Å². The summed E-state index contributed by atoms with van der Waals surface area (Å²) in [6.07, 6.45) is 0. The summed E-state index contributed by atoms with van der Waals surface area (Å²) < 4.78 is 10.5. The van der Waals surface area contributed by atoms with Crippen LogP contribution in [-0.2, 0) is 4.74 Å². The monoisotopic (exact) mass is 342 g/mol. The van der Waals surface area contributed by atoms with Crippen molar-refractivity contribution in [2.24, 2.45) is 5.41 Å². The van der Waals surface area contributed by atoms with Crippen molar-refractivity contribution in [2.45, 2.75) is 0 Å². The molecule has 1 amide bonds. The highest BCUT2D eigenvalue weighted by molar-refractivity contribution is 6.00. The number of hydrogen-bond acceptors (Lipinski definition) is 5. The van der Waals surface area contributed by atoms with Crippen LogP contribution < -0.4 is 15.4 Å². The van der Waals surface area contributed by atoms with E-state index in [9.17, 15) is 9.90 Å². The van der Waals surface area contributed by atoms with Crippen molar-refractivity contribution < 1.29 is 19.4 Å². The number of para-hydroxylation sites is 3. The molecule has 1 saturated heterocycles. The van der Waals surface area contributed by atoms with E-state index in [2.05, 4.69) is 10.6 Å². The van der Waals surface area contributed by atoms with Crippen LogP contribution in [-0.4, -0.2) is 44.5 Å². The number of rotatable bonds is 7. The molecule has 0 aliphatic carbocycles. The maximum absolute atomic E-state index is 12.6. The fourth-order valence-corrected chi connectivity index (χ4v) is 2.69. The molecule has 1 aliphatic rings. The first kappa shape index (κ1) is 17.3. The molecular weight excluding hydrogens is 320 g/mol. The lowest BCUT2D eigenvalue weighted by Crippen LogP contribution is -2.53. The molecule has 0 radical (unpaired) electrons. The standard InChI is InChI=1S/C19H22N2O4/c1-24-17-9-5-4-8-16(17)21-15-7-3-2-6-14(15)18(23)20-10-19(11-22)12-25-13-19/h2-9,21-22H,10-13H2,1H3,(H,20,23). The van der Waals surface area contributed by atoms with E-state index in [0.29, 0.717) is 36.8 Å². The van der Waals surface area contributed by atoms with Crippen molar-refractivity contribution in [1.29, 1.82) is 0 Å². The number of aliphatic hydroxyl groups excluding tert-OH is 1. The van der Waals surface area contributed by atoms with Crippen LogP contribution in [0, 0.1) is 5.41 Å². The van der Waals surface area contributed by atoms with Gasteiger partial charge in [0.15, 0.2) is 0 Å². The second-order valence-corrected chi connectivity index (χ2v) is 6.20. The van der Waals surface area contributed by atoms with E-state index in [1.54, 1.807) is 13.2 Å². The number of methoxy groups -OCH3 is 1. The Labute approximate surface area is 146 Å². The molecule has 6 heteroatoms. The summed E-state index contributed by atoms with van der Waals surface area (Å²) in [5.74, 6) is 0.501. The largest absolute Gasteiger partial charge is 0.495 e. The lowest BCUT2D eigenvalue weighted by atomic mass is 9.87. The fraction of sp³-hybridized carbons (Fsp3) is 0.316. The third-order valence-corrected chi connectivity index (χ3v) is 4.32. The predicted octanol–water partition coefficient (Wildman–Crippen LogP) is 2.18. The second kappa shape index (κ2) is 7.55. The number of carbonyl (C=O) groups excluding carboxylic acids is 1. The Balaban J connectivity index is 1.75. The molecule has 132 valence electrons. The Bertz CT molecular complexity index is 738. The number of hydrogen-bond donors (Lipinski definition) is 3. The van der Waals surface area contributed by atoms with Gasteiger partial charge in [-0.2, -0.15) is 0 Å². The van der Waals surface area contributed by atoms with Crippen LogP contribution in [0.25, 0.3) is 0 Å². The molecule has 3 rings (SSSR count). The maximum Gasteiger partial charge on any atom is 0.253 e. The van der Waals surface area contributed by atoms with Gasteiger partial charge in [0.1, 0.15) is 5.75 Å². The zero-order valence-corrected chi connectivity index (χ0v) is 14.1. The van der Waals surface area contributed by atoms with Crippen molar-refractivity contribution in [3.63, 3.8) is 0 Å². The lowest BCUT2D eigenvalue weighted by Gasteiger charge is -2.39. The van der Waals surface area contributed by atoms with E-state index in [1.165, 1.54) is 0 Å². The summed E-state index contributed by atoms with van der Waals surface area (Å²) in [7, 11) is 1.61. The Morgan fingerprint density at radius 1 is 1.16 bits per heavy atom. The quantitative estimate of drug-likeness (QED) is 0.719. The molecular formula is C19H22N2O4. The van der Waals surface area contributed by atoms with Gasteiger partial charge in [-0.25, -0.2) is 0 Å². The van der Waals surface area contributed by atoms with Gasteiger partial charge in [-0.1, -0.05) is 24.3 Å². The summed E-state index contributed by atoms with van der Waals surface area (Å²) in [4.78, 5) is 12.6. The molecule has 0 bridgehead atoms. The van der Waals surface area contributed by atoms with E-state index in [1.807, 2.05) is 42.5 Å². The summed E-state index contributed by atoms with van der Waals surface area (Å²) in [6.45, 7) is 1.30. The molecule has 0 atom stereocenters. The molecule has 1 fully saturated rings. The molecule has 25 heavy (non-hydrogen) atoms. The van der Waals surface area contributed by atoms with Crippen LogP contribution in [0.2, 0.25) is 0 Å². The number of anilines is 2. The number of benzene rings is 2. The summed E-state index contributed by atoms with van der Waals surface area (Å²) >= 11 is 0. The Hall–Kier alpha value is -2.57. The van der Waals surface area contributed by atoms with E-state index in [-0.39, 0.29) is 17.9 Å². The minimum absolute atomic E-state index is 0.00556. The fourth-order valence-electron chi connectivity index (χ4n) is 2.69. The van der Waals surface area contributed by atoms with Gasteiger partial charge in [-0.05, 0) is 24.3 Å². The van der Waals surface area contributed by atoms with Gasteiger partial charge in [-0.3, -0.25) is 4.79 Å². The smallest absolute Gasteiger partial charge is 0.253 e. The van der Waals surface area contributed by atoms with Gasteiger partial charge in [0.25, 0.3) is 5.91 Å². The third kappa shape index (κ3) is 3.75. The number of carbonyl (C=O) groups is 1. The summed E-state index contributed by atoms with van der Waals surface area (Å²) in [6, 6.07) is 14.8. The average molecular weight is 342 g/mol. The zero-order valence-electron chi connectivity index (χ0n) is 14.1. The molecule has 0 saturated carbocycles. The van der Waals surface area contributed by atoms with Crippen molar-refractivity contribution in [2.75, 3.05) is 38.8 Å². The van der Waals surface area contributed by atoms with Crippen molar-refractivity contribution in [3.8, 4) is 5.75 Å². The van der Waals surface area contributed by atoms with Crippen molar-refractivity contribution in [3.05, 3.63) is 54.1 Å². The van der Waals surface area contributed by atoms with Crippen LogP contribution >= 0.6 is 0 Å². The van der Waals surface area contributed by atoms with E-state index < -0.39 is 0 Å². The van der Waals surface area contributed by atoms with Gasteiger partial charge < -0.3 is 25.2 Å².